The van der Waals surface area contributed by atoms with Gasteiger partial charge in [0.25, 0.3) is 0 Å². The normalized spacial score (nSPS) is 12.4. The fourth-order valence-electron chi connectivity index (χ4n) is 1.47. The Labute approximate surface area is 98.2 Å². The Morgan fingerprint density at radius 1 is 1.31 bits per heavy atom. The Kier molecular flexibility index (Phi) is 3.17. The third-order valence-corrected chi connectivity index (χ3v) is 2.66. The molecule has 0 bridgehead atoms. The van der Waals surface area contributed by atoms with Crippen LogP contribution in [0.2, 0.25) is 5.02 Å². The molecule has 1 aromatic carbocycles. The molecule has 84 valence electrons. The zero-order valence-electron chi connectivity index (χ0n) is 8.68. The topological polar surface area (TPSA) is 42.6 Å². The number of aliphatic hydroxyl groups excluding tert-OH is 1. The van der Waals surface area contributed by atoms with Crippen LogP contribution in [0.25, 0.3) is 0 Å². The summed E-state index contributed by atoms with van der Waals surface area (Å²) < 4.78 is 10.0. The van der Waals surface area contributed by atoms with E-state index in [1.807, 2.05) is 0 Å². The number of rotatable bonds is 3. The molecule has 1 N–H and O–H groups in total. The minimum absolute atomic E-state index is 0.519. The highest BCUT2D eigenvalue weighted by atomic mass is 35.5. The molecule has 1 unspecified atom stereocenters. The Hall–Kier alpha value is -1.45. The van der Waals surface area contributed by atoms with E-state index in [-0.39, 0.29) is 0 Å². The summed E-state index contributed by atoms with van der Waals surface area (Å²) in [6.45, 7) is 0. The Morgan fingerprint density at radius 3 is 2.75 bits per heavy atom. The number of furan rings is 1. The summed E-state index contributed by atoms with van der Waals surface area (Å²) in [5, 5.41) is 10.6. The summed E-state index contributed by atoms with van der Waals surface area (Å²) >= 11 is 5.90. The van der Waals surface area contributed by atoms with Gasteiger partial charge in [0.15, 0.2) is 0 Å². The van der Waals surface area contributed by atoms with Gasteiger partial charge in [0.1, 0.15) is 11.9 Å². The molecule has 3 nitrogen and oxygen atoms in total. The molecule has 0 aliphatic carbocycles. The first kappa shape index (κ1) is 11.0. The van der Waals surface area contributed by atoms with Crippen molar-refractivity contribution in [3.8, 4) is 5.75 Å². The third-order valence-electron chi connectivity index (χ3n) is 2.35. The predicted octanol–water partition coefficient (Wildman–Crippen LogP) is 3.02. The second-order valence-corrected chi connectivity index (χ2v) is 3.76. The van der Waals surface area contributed by atoms with Gasteiger partial charge in [-0.3, -0.25) is 0 Å². The highest BCUT2D eigenvalue weighted by molar-refractivity contribution is 6.32. The van der Waals surface area contributed by atoms with Crippen LogP contribution in [-0.4, -0.2) is 12.2 Å². The van der Waals surface area contributed by atoms with Crippen molar-refractivity contribution in [1.29, 1.82) is 0 Å². The van der Waals surface area contributed by atoms with Gasteiger partial charge in [0.2, 0.25) is 0 Å². The molecular formula is C12H11ClO3. The molecule has 0 saturated carbocycles. The Morgan fingerprint density at radius 2 is 2.12 bits per heavy atom. The van der Waals surface area contributed by atoms with Gasteiger partial charge in [0.05, 0.1) is 24.7 Å². The maximum Gasteiger partial charge on any atom is 0.137 e. The summed E-state index contributed by atoms with van der Waals surface area (Å²) in [7, 11) is 1.54. The van der Waals surface area contributed by atoms with E-state index in [4.69, 9.17) is 20.8 Å². The first-order chi connectivity index (χ1) is 7.72. The molecule has 4 heteroatoms. The van der Waals surface area contributed by atoms with Gasteiger partial charge < -0.3 is 14.3 Å². The highest BCUT2D eigenvalue weighted by Crippen LogP contribution is 2.30. The summed E-state index contributed by atoms with van der Waals surface area (Å²) in [6.07, 6.45) is 2.29. The van der Waals surface area contributed by atoms with Crippen LogP contribution in [0.4, 0.5) is 0 Å². The molecule has 1 atom stereocenters. The van der Waals surface area contributed by atoms with E-state index in [1.54, 1.807) is 24.3 Å². The van der Waals surface area contributed by atoms with E-state index in [0.29, 0.717) is 21.9 Å². The van der Waals surface area contributed by atoms with E-state index < -0.39 is 6.10 Å². The van der Waals surface area contributed by atoms with Gasteiger partial charge in [0, 0.05) is 5.56 Å². The molecule has 0 amide bonds. The number of benzene rings is 1. The lowest BCUT2D eigenvalue weighted by Crippen LogP contribution is -1.98. The van der Waals surface area contributed by atoms with E-state index in [1.165, 1.54) is 19.6 Å². The maximum atomic E-state index is 10.0. The zero-order valence-corrected chi connectivity index (χ0v) is 9.44. The van der Waals surface area contributed by atoms with Crippen LogP contribution in [0.1, 0.15) is 17.2 Å². The average Bonchev–Trinajstić information content (AvgIpc) is 2.82. The minimum Gasteiger partial charge on any atom is -0.495 e. The van der Waals surface area contributed by atoms with E-state index in [2.05, 4.69) is 0 Å². The van der Waals surface area contributed by atoms with Crippen molar-refractivity contribution in [2.75, 3.05) is 7.11 Å². The van der Waals surface area contributed by atoms with Crippen LogP contribution < -0.4 is 4.74 Å². The third kappa shape index (κ3) is 2.05. The van der Waals surface area contributed by atoms with Gasteiger partial charge in [-0.05, 0) is 23.8 Å². The molecule has 1 heterocycles. The molecular weight excluding hydrogens is 228 g/mol. The summed E-state index contributed by atoms with van der Waals surface area (Å²) in [4.78, 5) is 0. The number of halogens is 1. The second-order valence-electron chi connectivity index (χ2n) is 3.35. The number of hydrogen-bond acceptors (Lipinski definition) is 3. The molecule has 0 aliphatic heterocycles. The quantitative estimate of drug-likeness (QED) is 0.894. The van der Waals surface area contributed by atoms with E-state index >= 15 is 0 Å². The van der Waals surface area contributed by atoms with Gasteiger partial charge in [-0.15, -0.1) is 0 Å². The molecule has 0 fully saturated rings. The van der Waals surface area contributed by atoms with Crippen molar-refractivity contribution in [3.05, 3.63) is 52.9 Å². The lowest BCUT2D eigenvalue weighted by molar-refractivity contribution is 0.218. The van der Waals surface area contributed by atoms with Crippen molar-refractivity contribution < 1.29 is 14.3 Å². The molecule has 0 aliphatic rings. The number of hydrogen-bond donors (Lipinski definition) is 1. The van der Waals surface area contributed by atoms with Crippen molar-refractivity contribution in [1.82, 2.24) is 0 Å². The molecule has 0 radical (unpaired) electrons. The van der Waals surface area contributed by atoms with E-state index in [9.17, 15) is 5.11 Å². The number of aliphatic hydroxyl groups is 1. The van der Waals surface area contributed by atoms with Crippen LogP contribution >= 0.6 is 11.6 Å². The molecule has 0 saturated heterocycles. The molecule has 2 rings (SSSR count). The Bertz CT molecular complexity index is 465. The molecule has 1 aromatic heterocycles. The standard InChI is InChI=1S/C12H11ClO3/c1-15-11-6-8(2-3-10(11)13)12(14)9-4-5-16-7-9/h2-7,12,14H,1H3. The van der Waals surface area contributed by atoms with E-state index in [0.717, 1.165) is 0 Å². The average molecular weight is 239 g/mol. The molecule has 0 spiro atoms. The van der Waals surface area contributed by atoms with Gasteiger partial charge in [-0.25, -0.2) is 0 Å². The lowest BCUT2D eigenvalue weighted by Gasteiger charge is -2.11. The highest BCUT2D eigenvalue weighted by Gasteiger charge is 2.13. The fourth-order valence-corrected chi connectivity index (χ4v) is 1.66. The van der Waals surface area contributed by atoms with Crippen LogP contribution in [0.5, 0.6) is 5.75 Å². The largest absolute Gasteiger partial charge is 0.495 e. The first-order valence-corrected chi connectivity index (χ1v) is 5.13. The Balaban J connectivity index is 2.34. The first-order valence-electron chi connectivity index (χ1n) is 4.76. The van der Waals surface area contributed by atoms with Gasteiger partial charge in [-0.2, -0.15) is 0 Å². The van der Waals surface area contributed by atoms with Crippen molar-refractivity contribution in [2.24, 2.45) is 0 Å². The minimum atomic E-state index is -0.732. The maximum absolute atomic E-state index is 10.0. The lowest BCUT2D eigenvalue weighted by atomic mass is 10.0. The van der Waals surface area contributed by atoms with Crippen molar-refractivity contribution in [3.63, 3.8) is 0 Å². The molecule has 16 heavy (non-hydrogen) atoms. The summed E-state index contributed by atoms with van der Waals surface area (Å²) in [5.74, 6) is 0.543. The van der Waals surface area contributed by atoms with Crippen molar-refractivity contribution >= 4 is 11.6 Å². The molecule has 2 aromatic rings. The SMILES string of the molecule is COc1cc(C(O)c2ccoc2)ccc1Cl. The van der Waals surface area contributed by atoms with Crippen LogP contribution in [0.15, 0.2) is 41.2 Å². The van der Waals surface area contributed by atoms with Crippen molar-refractivity contribution in [2.45, 2.75) is 6.10 Å². The smallest absolute Gasteiger partial charge is 0.137 e. The zero-order chi connectivity index (χ0) is 11.5. The fraction of sp³-hybridized carbons (Fsp3) is 0.167. The predicted molar refractivity (Wildman–Crippen MR) is 60.8 cm³/mol. The van der Waals surface area contributed by atoms with Crippen LogP contribution in [-0.2, 0) is 0 Å². The van der Waals surface area contributed by atoms with Gasteiger partial charge in [-0.1, -0.05) is 17.7 Å². The number of methoxy groups -OCH3 is 1. The van der Waals surface area contributed by atoms with Crippen LogP contribution in [0.3, 0.4) is 0 Å². The summed E-state index contributed by atoms with van der Waals surface area (Å²) in [5.41, 5.74) is 1.41. The second kappa shape index (κ2) is 4.60. The van der Waals surface area contributed by atoms with Gasteiger partial charge >= 0.3 is 0 Å². The number of ether oxygens (including phenoxy) is 1. The van der Waals surface area contributed by atoms with Crippen LogP contribution in [0, 0.1) is 0 Å². The monoisotopic (exact) mass is 238 g/mol. The summed E-state index contributed by atoms with van der Waals surface area (Å²) in [6, 6.07) is 6.87.